The fourth-order valence-corrected chi connectivity index (χ4v) is 1.99. The van der Waals surface area contributed by atoms with E-state index in [1.54, 1.807) is 6.20 Å². The molecule has 0 bridgehead atoms. The lowest BCUT2D eigenvalue weighted by atomic mass is 10.1. The molecule has 0 fully saturated rings. The minimum atomic E-state index is -0.639. The molecule has 0 unspecified atom stereocenters. The van der Waals surface area contributed by atoms with Gasteiger partial charge in [-0.25, -0.2) is 0 Å². The number of aromatic nitrogens is 4. The van der Waals surface area contributed by atoms with Crippen LogP contribution in [0, 0.1) is 0 Å². The minimum Gasteiger partial charge on any atom is -0.344 e. The van der Waals surface area contributed by atoms with E-state index >= 15 is 0 Å². The Bertz CT molecular complexity index is 599. The van der Waals surface area contributed by atoms with Gasteiger partial charge in [0.1, 0.15) is 0 Å². The average molecular weight is 277 g/mol. The zero-order valence-electron chi connectivity index (χ0n) is 12.2. The van der Waals surface area contributed by atoms with E-state index < -0.39 is 5.54 Å². The normalized spacial score (nSPS) is 11.6. The third-order valence-electron chi connectivity index (χ3n) is 3.03. The van der Waals surface area contributed by atoms with Crippen LogP contribution >= 0.6 is 0 Å². The molecule has 108 valence electrons. The van der Waals surface area contributed by atoms with E-state index in [-0.39, 0.29) is 5.91 Å². The molecule has 0 aromatic carbocycles. The van der Waals surface area contributed by atoms with E-state index in [2.05, 4.69) is 20.6 Å². The molecule has 0 spiro atoms. The minimum absolute atomic E-state index is 0.128. The highest BCUT2D eigenvalue weighted by Crippen LogP contribution is 2.17. The number of amides is 1. The van der Waals surface area contributed by atoms with Gasteiger partial charge in [-0.2, -0.15) is 10.1 Å². The molecule has 0 saturated carbocycles. The molecule has 0 aliphatic rings. The molecule has 20 heavy (non-hydrogen) atoms. The monoisotopic (exact) mass is 277 g/mol. The summed E-state index contributed by atoms with van der Waals surface area (Å²) in [7, 11) is 1.90. The van der Waals surface area contributed by atoms with Gasteiger partial charge in [0, 0.05) is 32.3 Å². The van der Waals surface area contributed by atoms with Crippen molar-refractivity contribution >= 4 is 5.91 Å². The topological polar surface area (TPSA) is 85.8 Å². The highest BCUT2D eigenvalue weighted by molar-refractivity contribution is 5.73. The molecule has 1 amide bonds. The number of nitrogens with zero attached hydrogens (tertiary/aromatic N) is 4. The van der Waals surface area contributed by atoms with Crippen molar-refractivity contribution < 1.29 is 9.32 Å². The highest BCUT2D eigenvalue weighted by Gasteiger charge is 2.27. The van der Waals surface area contributed by atoms with Gasteiger partial charge < -0.3 is 9.84 Å². The van der Waals surface area contributed by atoms with Crippen molar-refractivity contribution in [3.8, 4) is 0 Å². The van der Waals surface area contributed by atoms with Gasteiger partial charge >= 0.3 is 0 Å². The van der Waals surface area contributed by atoms with Crippen LogP contribution in [0.5, 0.6) is 0 Å². The largest absolute Gasteiger partial charge is 0.344 e. The van der Waals surface area contributed by atoms with Crippen LogP contribution in [0.1, 0.15) is 38.2 Å². The summed E-state index contributed by atoms with van der Waals surface area (Å²) in [6, 6.07) is 1.96. The second-order valence-corrected chi connectivity index (χ2v) is 5.26. The second kappa shape index (κ2) is 5.44. The van der Waals surface area contributed by atoms with Crippen molar-refractivity contribution in [1.82, 2.24) is 25.2 Å². The zero-order chi connectivity index (χ0) is 14.8. The molecular formula is C13H19N5O2. The van der Waals surface area contributed by atoms with Crippen LogP contribution in [0.3, 0.4) is 0 Å². The van der Waals surface area contributed by atoms with Crippen LogP contribution in [0.25, 0.3) is 0 Å². The van der Waals surface area contributed by atoms with Crippen LogP contribution in [-0.4, -0.2) is 25.8 Å². The highest BCUT2D eigenvalue weighted by atomic mass is 16.5. The lowest BCUT2D eigenvalue weighted by molar-refractivity contribution is -0.120. The Morgan fingerprint density at radius 1 is 1.45 bits per heavy atom. The molecule has 0 saturated heterocycles. The molecule has 0 aliphatic carbocycles. The predicted molar refractivity (Wildman–Crippen MR) is 71.8 cm³/mol. The molecule has 0 radical (unpaired) electrons. The summed E-state index contributed by atoms with van der Waals surface area (Å²) in [5.74, 6) is 0.906. The van der Waals surface area contributed by atoms with E-state index in [4.69, 9.17) is 4.52 Å². The van der Waals surface area contributed by atoms with Crippen molar-refractivity contribution in [3.63, 3.8) is 0 Å². The first kappa shape index (κ1) is 14.2. The number of hydrogen-bond acceptors (Lipinski definition) is 5. The van der Waals surface area contributed by atoms with Gasteiger partial charge in [0.05, 0.1) is 5.54 Å². The summed E-state index contributed by atoms with van der Waals surface area (Å²) in [6.45, 7) is 5.14. The molecule has 2 aromatic rings. The van der Waals surface area contributed by atoms with E-state index in [0.717, 1.165) is 12.1 Å². The maximum Gasteiger partial charge on any atom is 0.227 e. The number of aryl methyl sites for hydroxylation is 3. The van der Waals surface area contributed by atoms with Gasteiger partial charge in [0.2, 0.25) is 11.8 Å². The standard InChI is InChI=1S/C13H19N5O2/c1-9(19)16-13(2,3)12-15-11(20-17-12)6-5-10-7-8-14-18(10)4/h7-8H,5-6H2,1-4H3,(H,16,19). The van der Waals surface area contributed by atoms with E-state index in [1.165, 1.54) is 6.92 Å². The molecule has 0 atom stereocenters. The molecule has 7 nitrogen and oxygen atoms in total. The van der Waals surface area contributed by atoms with Crippen molar-refractivity contribution in [2.45, 2.75) is 39.2 Å². The van der Waals surface area contributed by atoms with Gasteiger partial charge in [0.15, 0.2) is 5.82 Å². The summed E-state index contributed by atoms with van der Waals surface area (Å²) in [5, 5.41) is 10.8. The van der Waals surface area contributed by atoms with Gasteiger partial charge in [-0.05, 0) is 26.3 Å². The van der Waals surface area contributed by atoms with Gasteiger partial charge in [-0.15, -0.1) is 0 Å². The summed E-state index contributed by atoms with van der Waals surface area (Å²) in [4.78, 5) is 15.5. The molecule has 1 N–H and O–H groups in total. The van der Waals surface area contributed by atoms with Crippen molar-refractivity contribution in [1.29, 1.82) is 0 Å². The Hall–Kier alpha value is -2.18. The van der Waals surface area contributed by atoms with E-state index in [9.17, 15) is 4.79 Å². The SMILES string of the molecule is CC(=O)NC(C)(C)c1noc(CCc2ccnn2C)n1. The lowest BCUT2D eigenvalue weighted by Crippen LogP contribution is -2.40. The van der Waals surface area contributed by atoms with Gasteiger partial charge in [-0.1, -0.05) is 5.16 Å². The third-order valence-corrected chi connectivity index (χ3v) is 3.03. The first-order valence-corrected chi connectivity index (χ1v) is 6.47. The van der Waals surface area contributed by atoms with Gasteiger partial charge in [-0.3, -0.25) is 9.48 Å². The zero-order valence-corrected chi connectivity index (χ0v) is 12.2. The first-order chi connectivity index (χ1) is 9.38. The molecule has 2 rings (SSSR count). The average Bonchev–Trinajstić information content (AvgIpc) is 2.94. The van der Waals surface area contributed by atoms with Crippen LogP contribution in [0.15, 0.2) is 16.8 Å². The molecule has 7 heteroatoms. The quantitative estimate of drug-likeness (QED) is 0.879. The summed E-state index contributed by atoms with van der Waals surface area (Å²) < 4.78 is 7.05. The smallest absolute Gasteiger partial charge is 0.227 e. The van der Waals surface area contributed by atoms with Crippen molar-refractivity contribution in [3.05, 3.63) is 29.7 Å². The van der Waals surface area contributed by atoms with Crippen LogP contribution in [0.2, 0.25) is 0 Å². The Morgan fingerprint density at radius 2 is 2.20 bits per heavy atom. The lowest BCUT2D eigenvalue weighted by Gasteiger charge is -2.20. The number of rotatable bonds is 5. The Kier molecular flexibility index (Phi) is 3.87. The molecule has 2 aromatic heterocycles. The van der Waals surface area contributed by atoms with Crippen LogP contribution in [-0.2, 0) is 30.2 Å². The fourth-order valence-electron chi connectivity index (χ4n) is 1.99. The van der Waals surface area contributed by atoms with Crippen LogP contribution < -0.4 is 5.32 Å². The Morgan fingerprint density at radius 3 is 2.80 bits per heavy atom. The number of carbonyl (C=O) groups excluding carboxylic acids is 1. The third kappa shape index (κ3) is 3.23. The Labute approximate surface area is 117 Å². The first-order valence-electron chi connectivity index (χ1n) is 6.47. The second-order valence-electron chi connectivity index (χ2n) is 5.26. The maximum absolute atomic E-state index is 11.2. The summed E-state index contributed by atoms with van der Waals surface area (Å²) in [5.41, 5.74) is 0.464. The number of nitrogens with one attached hydrogen (secondary N) is 1. The van der Waals surface area contributed by atoms with Gasteiger partial charge in [0.25, 0.3) is 0 Å². The molecule has 0 aliphatic heterocycles. The Balaban J connectivity index is 2.02. The summed E-state index contributed by atoms with van der Waals surface area (Å²) >= 11 is 0. The predicted octanol–water partition coefficient (Wildman–Crippen LogP) is 0.959. The van der Waals surface area contributed by atoms with Crippen molar-refractivity contribution in [2.24, 2.45) is 7.05 Å². The van der Waals surface area contributed by atoms with Crippen LogP contribution in [0.4, 0.5) is 0 Å². The van der Waals surface area contributed by atoms with E-state index in [0.29, 0.717) is 18.1 Å². The fraction of sp³-hybridized carbons (Fsp3) is 0.538. The van der Waals surface area contributed by atoms with E-state index in [1.807, 2.05) is 31.6 Å². The van der Waals surface area contributed by atoms with Crippen molar-refractivity contribution in [2.75, 3.05) is 0 Å². The molecular weight excluding hydrogens is 258 g/mol. The summed E-state index contributed by atoms with van der Waals surface area (Å²) in [6.07, 6.45) is 3.18. The number of carbonyl (C=O) groups is 1. The maximum atomic E-state index is 11.2. The molecule has 2 heterocycles. The number of hydrogen-bond donors (Lipinski definition) is 1.